The number of aromatic nitrogens is 2. The van der Waals surface area contributed by atoms with Crippen molar-refractivity contribution in [2.45, 2.75) is 32.6 Å². The zero-order chi connectivity index (χ0) is 33.9. The molecular weight excluding hydrogens is 633 g/mol. The Hall–Kier alpha value is -4.56. The van der Waals surface area contributed by atoms with E-state index in [-0.39, 0.29) is 17.0 Å². The Morgan fingerprint density at radius 2 is 1.59 bits per heavy atom. The molecule has 46 heavy (non-hydrogen) atoms. The summed E-state index contributed by atoms with van der Waals surface area (Å²) < 4.78 is 45.9. The molecule has 1 aromatic heterocycles. The van der Waals surface area contributed by atoms with Gasteiger partial charge in [0.25, 0.3) is 5.56 Å². The maximum atomic E-state index is 13.0. The summed E-state index contributed by atoms with van der Waals surface area (Å²) in [4.78, 5) is 49.0. The number of ether oxygens (including phenoxy) is 1. The molecule has 0 spiro atoms. The Labute approximate surface area is 267 Å². The number of aryl methyl sites for hydroxylation is 1. The van der Waals surface area contributed by atoms with Crippen LogP contribution < -0.4 is 20.9 Å². The van der Waals surface area contributed by atoms with E-state index in [0.717, 1.165) is 5.56 Å². The molecule has 248 valence electrons. The van der Waals surface area contributed by atoms with Crippen molar-refractivity contribution in [3.63, 3.8) is 0 Å². The molecule has 0 radical (unpaired) electrons. The number of alkyl halides is 3. The maximum absolute atomic E-state index is 13.0. The molecule has 4 rings (SSSR count). The first-order valence-corrected chi connectivity index (χ1v) is 14.6. The van der Waals surface area contributed by atoms with Gasteiger partial charge in [-0.25, -0.2) is 14.4 Å². The average molecular weight is 667 g/mol. The normalized spacial score (nSPS) is 13.7. The lowest BCUT2D eigenvalue weighted by atomic mass is 10.2. The lowest BCUT2D eigenvalue weighted by Gasteiger charge is -2.36. The van der Waals surface area contributed by atoms with Gasteiger partial charge in [-0.05, 0) is 37.6 Å². The molecule has 0 atom stereocenters. The number of hydrogen-bond donors (Lipinski definition) is 2. The molecular formula is C31H34ClF3N4O7. The first-order valence-electron chi connectivity index (χ1n) is 14.2. The zero-order valence-corrected chi connectivity index (χ0v) is 25.7. The number of carboxylic acid groups (broad SMARTS) is 2. The molecule has 2 N–H and O–H groups in total. The highest BCUT2D eigenvalue weighted by Gasteiger charge is 2.29. The number of piperazine rings is 1. The monoisotopic (exact) mass is 666 g/mol. The Morgan fingerprint density at radius 3 is 2.17 bits per heavy atom. The Balaban J connectivity index is 0.000000637. The minimum Gasteiger partial charge on any atom is -0.482 e. The van der Waals surface area contributed by atoms with Gasteiger partial charge in [-0.1, -0.05) is 41.9 Å². The molecule has 11 nitrogen and oxygen atoms in total. The molecule has 0 unspecified atom stereocenters. The van der Waals surface area contributed by atoms with Crippen LogP contribution in [0.5, 0.6) is 5.75 Å². The summed E-state index contributed by atoms with van der Waals surface area (Å²) in [5, 5.41) is 15.9. The highest BCUT2D eigenvalue weighted by atomic mass is 35.5. The fourth-order valence-electron chi connectivity index (χ4n) is 4.72. The minimum atomic E-state index is -4.44. The van der Waals surface area contributed by atoms with Crippen molar-refractivity contribution in [1.29, 1.82) is 0 Å². The molecule has 0 amide bonds. The molecule has 1 fully saturated rings. The van der Waals surface area contributed by atoms with Crippen LogP contribution in [-0.2, 0) is 22.7 Å². The van der Waals surface area contributed by atoms with Crippen LogP contribution in [0, 0.1) is 6.92 Å². The molecule has 1 aliphatic heterocycles. The van der Waals surface area contributed by atoms with Crippen molar-refractivity contribution >= 4 is 29.2 Å². The molecule has 15 heteroatoms. The van der Waals surface area contributed by atoms with Crippen molar-refractivity contribution in [2.75, 3.05) is 44.2 Å². The lowest BCUT2D eigenvalue weighted by molar-refractivity contribution is -0.153. The van der Waals surface area contributed by atoms with Gasteiger partial charge in [0.1, 0.15) is 5.75 Å². The Bertz CT molecular complexity index is 1620. The van der Waals surface area contributed by atoms with E-state index in [0.29, 0.717) is 80.7 Å². The van der Waals surface area contributed by atoms with Crippen LogP contribution >= 0.6 is 11.6 Å². The van der Waals surface area contributed by atoms with Crippen LogP contribution in [0.2, 0.25) is 5.02 Å². The summed E-state index contributed by atoms with van der Waals surface area (Å²) in [5.41, 5.74) is 1.45. The van der Waals surface area contributed by atoms with Crippen LogP contribution in [0.4, 0.5) is 18.9 Å². The number of halogens is 4. The van der Waals surface area contributed by atoms with Crippen molar-refractivity contribution in [1.82, 2.24) is 14.0 Å². The number of aliphatic carboxylic acids is 2. The van der Waals surface area contributed by atoms with Crippen LogP contribution in [0.3, 0.4) is 0 Å². The summed E-state index contributed by atoms with van der Waals surface area (Å²) in [6.45, 7) is 4.27. The number of anilines is 1. The maximum Gasteiger partial charge on any atom is 0.422 e. The van der Waals surface area contributed by atoms with E-state index in [9.17, 15) is 32.3 Å². The third-order valence-corrected chi connectivity index (χ3v) is 7.09. The van der Waals surface area contributed by atoms with E-state index in [1.807, 2.05) is 35.2 Å². The Kier molecular flexibility index (Phi) is 13.0. The second-order valence-electron chi connectivity index (χ2n) is 10.4. The zero-order valence-electron chi connectivity index (χ0n) is 25.0. The topological polar surface area (TPSA) is 134 Å². The minimum absolute atomic E-state index is 0.105. The summed E-state index contributed by atoms with van der Waals surface area (Å²) in [6, 6.07) is 14.3. The summed E-state index contributed by atoms with van der Waals surface area (Å²) >= 11 is 5.98. The third-order valence-electron chi connectivity index (χ3n) is 6.86. The van der Waals surface area contributed by atoms with E-state index < -0.39 is 24.7 Å². The number of rotatable bonds is 11. The predicted octanol–water partition coefficient (Wildman–Crippen LogP) is 3.89. The van der Waals surface area contributed by atoms with Crippen LogP contribution in [0.15, 0.2) is 76.5 Å². The molecule has 1 aliphatic rings. The highest BCUT2D eigenvalue weighted by molar-refractivity contribution is 6.30. The number of carbonyl (C=O) groups is 2. The van der Waals surface area contributed by atoms with Crippen LogP contribution in [0.1, 0.15) is 17.5 Å². The molecule has 0 aliphatic carbocycles. The summed E-state index contributed by atoms with van der Waals surface area (Å²) in [5.74, 6) is -2.41. The van der Waals surface area contributed by atoms with Crippen molar-refractivity contribution in [3.8, 4) is 5.75 Å². The van der Waals surface area contributed by atoms with Gasteiger partial charge in [-0.15, -0.1) is 0 Å². The SMILES string of the molecule is Cc1cn(Cc2ccccc2)c(=O)n(CCCN2CCN(c3ccc(Cl)cc3OCC(F)(F)F)CC2)c1=O.O=C(O)/C=C/C(=O)O. The summed E-state index contributed by atoms with van der Waals surface area (Å²) in [7, 11) is 0. The second kappa shape index (κ2) is 16.7. The predicted molar refractivity (Wildman–Crippen MR) is 166 cm³/mol. The van der Waals surface area contributed by atoms with Crippen molar-refractivity contribution in [2.24, 2.45) is 0 Å². The van der Waals surface area contributed by atoms with Crippen LogP contribution in [0.25, 0.3) is 0 Å². The number of nitrogens with zero attached hydrogens (tertiary/aromatic N) is 4. The van der Waals surface area contributed by atoms with Crippen molar-refractivity contribution in [3.05, 3.63) is 104 Å². The molecule has 0 saturated carbocycles. The number of carboxylic acids is 2. The van der Waals surface area contributed by atoms with Gasteiger partial charge in [0.05, 0.1) is 12.2 Å². The van der Waals surface area contributed by atoms with Crippen molar-refractivity contribution < 1.29 is 37.7 Å². The van der Waals surface area contributed by atoms with Gasteiger partial charge in [-0.3, -0.25) is 18.8 Å². The highest BCUT2D eigenvalue weighted by Crippen LogP contribution is 2.33. The van der Waals surface area contributed by atoms with Gasteiger partial charge >= 0.3 is 23.8 Å². The van der Waals surface area contributed by atoms with Gasteiger partial charge < -0.3 is 19.8 Å². The summed E-state index contributed by atoms with van der Waals surface area (Å²) in [6.07, 6.45) is -1.10. The van der Waals surface area contributed by atoms with E-state index >= 15 is 0 Å². The first-order chi connectivity index (χ1) is 21.7. The van der Waals surface area contributed by atoms with Gasteiger partial charge in [0, 0.05) is 67.7 Å². The largest absolute Gasteiger partial charge is 0.482 e. The van der Waals surface area contributed by atoms with Gasteiger partial charge in [-0.2, -0.15) is 13.2 Å². The quantitative estimate of drug-likeness (QED) is 0.293. The van der Waals surface area contributed by atoms with E-state index in [1.54, 1.807) is 29.8 Å². The molecule has 2 heterocycles. The van der Waals surface area contributed by atoms with E-state index in [2.05, 4.69) is 4.90 Å². The van der Waals surface area contributed by atoms with Gasteiger partial charge in [0.2, 0.25) is 0 Å². The molecule has 3 aromatic rings. The molecule has 0 bridgehead atoms. The smallest absolute Gasteiger partial charge is 0.422 e. The number of benzene rings is 2. The van der Waals surface area contributed by atoms with Crippen LogP contribution in [-0.4, -0.2) is 81.7 Å². The van der Waals surface area contributed by atoms with Gasteiger partial charge in [0.15, 0.2) is 6.61 Å². The fourth-order valence-corrected chi connectivity index (χ4v) is 4.88. The van der Waals surface area contributed by atoms with E-state index in [4.69, 9.17) is 26.6 Å². The number of hydrogen-bond acceptors (Lipinski definition) is 7. The molecule has 2 aromatic carbocycles. The fraction of sp³-hybridized carbons (Fsp3) is 0.355. The standard InChI is InChI=1S/C27H30ClF3N4O3.C4H4O4/c1-20-17-34(18-21-6-3-2-4-7-21)26(37)35(25(20)36)11-5-10-32-12-14-33(15-13-32)23-9-8-22(28)16-24(23)38-19-27(29,30)31;5-3(6)1-2-4(7)8/h2-4,6-9,16-17H,5,10-15,18-19H2,1H3;1-2H,(H,5,6)(H,7,8)/b;2-1+. The Morgan fingerprint density at radius 1 is 0.957 bits per heavy atom. The first kappa shape index (κ1) is 35.9. The lowest BCUT2D eigenvalue weighted by Crippen LogP contribution is -2.47. The average Bonchev–Trinajstić information content (AvgIpc) is 3.00. The second-order valence-corrected chi connectivity index (χ2v) is 10.8. The third kappa shape index (κ3) is 11.4. The molecule has 1 saturated heterocycles. The van der Waals surface area contributed by atoms with E-state index in [1.165, 1.54) is 10.6 Å².